The molecule has 0 bridgehead atoms. The van der Waals surface area contributed by atoms with E-state index in [1.807, 2.05) is 60.9 Å². The maximum Gasteiger partial charge on any atom is 0.138 e. The molecule has 28 heavy (non-hydrogen) atoms. The van der Waals surface area contributed by atoms with Gasteiger partial charge < -0.3 is 10.3 Å². The maximum absolute atomic E-state index is 4.69. The molecule has 0 atom stereocenters. The summed E-state index contributed by atoms with van der Waals surface area (Å²) >= 11 is 0. The predicted molar refractivity (Wildman–Crippen MR) is 112 cm³/mol. The number of aromatic amines is 1. The van der Waals surface area contributed by atoms with E-state index in [-0.39, 0.29) is 0 Å². The largest absolute Gasteiger partial charge is 0.355 e. The number of benzene rings is 3. The Labute approximate surface area is 162 Å². The minimum Gasteiger partial charge on any atom is -0.355 e. The molecular formula is C23H17N5. The lowest BCUT2D eigenvalue weighted by atomic mass is 10.1. The topological polar surface area (TPSA) is 66.5 Å². The van der Waals surface area contributed by atoms with E-state index < -0.39 is 0 Å². The third kappa shape index (κ3) is 3.21. The van der Waals surface area contributed by atoms with Crippen molar-refractivity contribution in [3.8, 4) is 22.5 Å². The molecule has 0 aliphatic heterocycles. The van der Waals surface area contributed by atoms with Gasteiger partial charge in [-0.25, -0.2) is 15.0 Å². The predicted octanol–water partition coefficient (Wildman–Crippen LogP) is 5.43. The number of hydrogen-bond acceptors (Lipinski definition) is 4. The van der Waals surface area contributed by atoms with Gasteiger partial charge in [0.15, 0.2) is 0 Å². The van der Waals surface area contributed by atoms with Crippen molar-refractivity contribution in [2.45, 2.75) is 0 Å². The molecule has 2 N–H and O–H groups in total. The number of hydrogen-bond donors (Lipinski definition) is 2. The molecular weight excluding hydrogens is 346 g/mol. The molecule has 2 aromatic heterocycles. The Morgan fingerprint density at radius 2 is 1.39 bits per heavy atom. The molecule has 0 unspecified atom stereocenters. The molecule has 5 rings (SSSR count). The normalized spacial score (nSPS) is 10.9. The highest BCUT2D eigenvalue weighted by molar-refractivity contribution is 5.80. The van der Waals surface area contributed by atoms with Crippen LogP contribution >= 0.6 is 0 Å². The number of aromatic nitrogens is 4. The summed E-state index contributed by atoms with van der Waals surface area (Å²) in [5.74, 6) is 0.861. The van der Waals surface area contributed by atoms with Crippen LogP contribution in [0.3, 0.4) is 0 Å². The van der Waals surface area contributed by atoms with Gasteiger partial charge in [-0.2, -0.15) is 0 Å². The van der Waals surface area contributed by atoms with Gasteiger partial charge >= 0.3 is 0 Å². The van der Waals surface area contributed by atoms with Crippen molar-refractivity contribution in [2.24, 2.45) is 0 Å². The van der Waals surface area contributed by atoms with Crippen molar-refractivity contribution < 1.29 is 0 Å². The Morgan fingerprint density at radius 1 is 0.679 bits per heavy atom. The summed E-state index contributed by atoms with van der Waals surface area (Å²) in [6.07, 6.45) is 5.16. The van der Waals surface area contributed by atoms with E-state index in [9.17, 15) is 0 Å². The first-order valence-corrected chi connectivity index (χ1v) is 9.03. The van der Waals surface area contributed by atoms with Crippen LogP contribution in [0.25, 0.3) is 33.5 Å². The lowest BCUT2D eigenvalue weighted by Crippen LogP contribution is -1.92. The van der Waals surface area contributed by atoms with E-state index in [4.69, 9.17) is 0 Å². The third-order valence-electron chi connectivity index (χ3n) is 4.57. The summed E-state index contributed by atoms with van der Waals surface area (Å²) in [6, 6.07) is 24.5. The number of nitrogens with zero attached hydrogens (tertiary/aromatic N) is 3. The summed E-state index contributed by atoms with van der Waals surface area (Å²) in [7, 11) is 0. The zero-order chi connectivity index (χ0) is 18.8. The number of fused-ring (bicyclic) bond motifs is 1. The van der Waals surface area contributed by atoms with Crippen molar-refractivity contribution in [2.75, 3.05) is 5.32 Å². The van der Waals surface area contributed by atoms with Crippen molar-refractivity contribution in [3.05, 3.63) is 91.5 Å². The lowest BCUT2D eigenvalue weighted by Gasteiger charge is -2.09. The quantitative estimate of drug-likeness (QED) is 0.447. The Balaban J connectivity index is 1.44. The molecule has 3 aromatic carbocycles. The van der Waals surface area contributed by atoms with Crippen LogP contribution in [0.4, 0.5) is 11.4 Å². The molecule has 0 saturated carbocycles. The second kappa shape index (κ2) is 6.96. The van der Waals surface area contributed by atoms with E-state index in [2.05, 4.69) is 49.5 Å². The highest BCUT2D eigenvalue weighted by Crippen LogP contribution is 2.27. The molecule has 5 aromatic rings. The Bertz CT molecular complexity index is 1210. The van der Waals surface area contributed by atoms with Crippen LogP contribution in [0.1, 0.15) is 0 Å². The fraction of sp³-hybridized carbons (Fsp3) is 0. The standard InChI is InChI=1S/C23H17N5/c1-2-10-22-21(9-1)27-23(28-22)17-6-4-8-20(12-17)26-19-7-3-5-16(11-19)18-13-24-15-25-14-18/h1-15,26H,(H,27,28). The Hall–Kier alpha value is -3.99. The Morgan fingerprint density at radius 3 is 2.18 bits per heavy atom. The molecule has 0 saturated heterocycles. The maximum atomic E-state index is 4.69. The minimum atomic E-state index is 0.861. The van der Waals surface area contributed by atoms with Crippen molar-refractivity contribution >= 4 is 22.4 Å². The van der Waals surface area contributed by atoms with Gasteiger partial charge in [-0.15, -0.1) is 0 Å². The molecule has 2 heterocycles. The van der Waals surface area contributed by atoms with Crippen LogP contribution in [-0.4, -0.2) is 19.9 Å². The van der Waals surface area contributed by atoms with Crippen LogP contribution in [0.5, 0.6) is 0 Å². The van der Waals surface area contributed by atoms with Crippen LogP contribution in [0.15, 0.2) is 91.5 Å². The summed E-state index contributed by atoms with van der Waals surface area (Å²) in [5, 5.41) is 3.48. The minimum absolute atomic E-state index is 0.861. The Kier molecular flexibility index (Phi) is 4.03. The second-order valence-corrected chi connectivity index (χ2v) is 6.52. The van der Waals surface area contributed by atoms with Crippen molar-refractivity contribution in [3.63, 3.8) is 0 Å². The van der Waals surface area contributed by atoms with Crippen LogP contribution in [-0.2, 0) is 0 Å². The third-order valence-corrected chi connectivity index (χ3v) is 4.57. The lowest BCUT2D eigenvalue weighted by molar-refractivity contribution is 1.17. The average molecular weight is 363 g/mol. The fourth-order valence-electron chi connectivity index (χ4n) is 3.23. The van der Waals surface area contributed by atoms with Crippen LogP contribution in [0, 0.1) is 0 Å². The van der Waals surface area contributed by atoms with Gasteiger partial charge in [0, 0.05) is 34.9 Å². The molecule has 0 aliphatic carbocycles. The van der Waals surface area contributed by atoms with Gasteiger partial charge in [-0.05, 0) is 42.0 Å². The second-order valence-electron chi connectivity index (χ2n) is 6.52. The molecule has 0 aliphatic rings. The highest BCUT2D eigenvalue weighted by atomic mass is 14.9. The van der Waals surface area contributed by atoms with E-state index in [1.165, 1.54) is 6.33 Å². The van der Waals surface area contributed by atoms with E-state index in [0.29, 0.717) is 0 Å². The number of para-hydroxylation sites is 2. The van der Waals surface area contributed by atoms with Crippen molar-refractivity contribution in [1.29, 1.82) is 0 Å². The molecule has 0 radical (unpaired) electrons. The molecule has 134 valence electrons. The monoisotopic (exact) mass is 363 g/mol. The molecule has 0 fully saturated rings. The smallest absolute Gasteiger partial charge is 0.138 e. The number of anilines is 2. The molecule has 0 amide bonds. The summed E-state index contributed by atoms with van der Waals surface area (Å²) in [5.41, 5.74) is 7.10. The SMILES string of the molecule is c1cc(Nc2cccc(-c3nc4ccccc4[nH]3)c2)cc(-c2cncnc2)c1. The molecule has 5 heteroatoms. The average Bonchev–Trinajstić information content (AvgIpc) is 3.19. The number of nitrogens with one attached hydrogen (secondary N) is 2. The zero-order valence-electron chi connectivity index (χ0n) is 15.0. The number of rotatable bonds is 4. The first kappa shape index (κ1) is 16.2. The number of imidazole rings is 1. The highest BCUT2D eigenvalue weighted by Gasteiger charge is 2.06. The van der Waals surface area contributed by atoms with Crippen molar-refractivity contribution in [1.82, 2.24) is 19.9 Å². The number of H-pyrrole nitrogens is 1. The summed E-state index contributed by atoms with van der Waals surface area (Å²) in [4.78, 5) is 16.3. The van der Waals surface area contributed by atoms with Gasteiger partial charge in [0.2, 0.25) is 0 Å². The first-order valence-electron chi connectivity index (χ1n) is 9.03. The summed E-state index contributed by atoms with van der Waals surface area (Å²) in [6.45, 7) is 0. The zero-order valence-corrected chi connectivity index (χ0v) is 15.0. The van der Waals surface area contributed by atoms with Gasteiger partial charge in [0.05, 0.1) is 11.0 Å². The van der Waals surface area contributed by atoms with E-state index in [0.717, 1.165) is 44.9 Å². The molecule has 5 nitrogen and oxygen atoms in total. The van der Waals surface area contributed by atoms with Gasteiger partial charge in [-0.3, -0.25) is 0 Å². The van der Waals surface area contributed by atoms with E-state index in [1.54, 1.807) is 0 Å². The van der Waals surface area contributed by atoms with Gasteiger partial charge in [-0.1, -0.05) is 36.4 Å². The molecule has 0 spiro atoms. The van der Waals surface area contributed by atoms with E-state index >= 15 is 0 Å². The summed E-state index contributed by atoms with van der Waals surface area (Å²) < 4.78 is 0. The van der Waals surface area contributed by atoms with Crippen LogP contribution in [0.2, 0.25) is 0 Å². The fourth-order valence-corrected chi connectivity index (χ4v) is 3.23. The first-order chi connectivity index (χ1) is 13.8. The van der Waals surface area contributed by atoms with Gasteiger partial charge in [0.1, 0.15) is 12.2 Å². The van der Waals surface area contributed by atoms with Crippen LogP contribution < -0.4 is 5.32 Å². The van der Waals surface area contributed by atoms with Gasteiger partial charge in [0.25, 0.3) is 0 Å².